The molecule has 3 heteroatoms. The SMILES string of the molecule is CNc1ccc(NCC(C)C)c(OC)c1. The standard InChI is InChI=1S/C12H20N2O/c1-9(2)8-14-11-6-5-10(13-3)7-12(11)15-4/h5-7,9,13-14H,8H2,1-4H3. The van der Waals surface area contributed by atoms with Gasteiger partial charge in [0, 0.05) is 25.3 Å². The lowest BCUT2D eigenvalue weighted by molar-refractivity contribution is 0.416. The lowest BCUT2D eigenvalue weighted by Gasteiger charge is -2.14. The minimum atomic E-state index is 0.624. The third kappa shape index (κ3) is 3.35. The van der Waals surface area contributed by atoms with Gasteiger partial charge in [0.1, 0.15) is 5.75 Å². The smallest absolute Gasteiger partial charge is 0.144 e. The number of nitrogens with one attached hydrogen (secondary N) is 2. The van der Waals surface area contributed by atoms with Crippen molar-refractivity contribution in [3.8, 4) is 5.75 Å². The summed E-state index contributed by atoms with van der Waals surface area (Å²) in [6.07, 6.45) is 0. The summed E-state index contributed by atoms with van der Waals surface area (Å²) >= 11 is 0. The molecule has 0 fully saturated rings. The van der Waals surface area contributed by atoms with E-state index in [-0.39, 0.29) is 0 Å². The van der Waals surface area contributed by atoms with Gasteiger partial charge in [-0.15, -0.1) is 0 Å². The van der Waals surface area contributed by atoms with Gasteiger partial charge in [0.25, 0.3) is 0 Å². The van der Waals surface area contributed by atoms with E-state index in [9.17, 15) is 0 Å². The van der Waals surface area contributed by atoms with Gasteiger partial charge in [-0.05, 0) is 18.1 Å². The Hall–Kier alpha value is -1.38. The zero-order chi connectivity index (χ0) is 11.3. The van der Waals surface area contributed by atoms with Gasteiger partial charge < -0.3 is 15.4 Å². The summed E-state index contributed by atoms with van der Waals surface area (Å²) in [5.74, 6) is 1.50. The fraction of sp³-hybridized carbons (Fsp3) is 0.500. The van der Waals surface area contributed by atoms with Gasteiger partial charge in [-0.3, -0.25) is 0 Å². The van der Waals surface area contributed by atoms with Gasteiger partial charge in [0.15, 0.2) is 0 Å². The molecular formula is C12H20N2O. The van der Waals surface area contributed by atoms with Crippen LogP contribution in [0.5, 0.6) is 5.75 Å². The molecule has 15 heavy (non-hydrogen) atoms. The number of anilines is 2. The molecule has 0 atom stereocenters. The van der Waals surface area contributed by atoms with Gasteiger partial charge in [-0.25, -0.2) is 0 Å². The number of benzene rings is 1. The summed E-state index contributed by atoms with van der Waals surface area (Å²) in [5.41, 5.74) is 2.10. The molecule has 2 N–H and O–H groups in total. The monoisotopic (exact) mass is 208 g/mol. The first-order valence-corrected chi connectivity index (χ1v) is 5.27. The van der Waals surface area contributed by atoms with E-state index in [0.717, 1.165) is 23.7 Å². The number of ether oxygens (including phenoxy) is 1. The molecule has 0 aromatic heterocycles. The first-order chi connectivity index (χ1) is 7.17. The molecule has 0 aliphatic carbocycles. The lowest BCUT2D eigenvalue weighted by Crippen LogP contribution is -2.08. The van der Waals surface area contributed by atoms with Crippen molar-refractivity contribution in [3.63, 3.8) is 0 Å². The van der Waals surface area contributed by atoms with E-state index in [1.165, 1.54) is 0 Å². The Labute approximate surface area is 91.8 Å². The molecule has 0 saturated heterocycles. The van der Waals surface area contributed by atoms with E-state index in [1.54, 1.807) is 7.11 Å². The molecule has 1 aromatic carbocycles. The zero-order valence-electron chi connectivity index (χ0n) is 9.92. The Morgan fingerprint density at radius 3 is 2.60 bits per heavy atom. The van der Waals surface area contributed by atoms with Gasteiger partial charge in [-0.2, -0.15) is 0 Å². The maximum atomic E-state index is 5.32. The van der Waals surface area contributed by atoms with Gasteiger partial charge in [0.2, 0.25) is 0 Å². The molecule has 0 saturated carbocycles. The van der Waals surface area contributed by atoms with Crippen molar-refractivity contribution in [1.29, 1.82) is 0 Å². The largest absolute Gasteiger partial charge is 0.495 e. The third-order valence-corrected chi connectivity index (χ3v) is 2.19. The van der Waals surface area contributed by atoms with E-state index >= 15 is 0 Å². The van der Waals surface area contributed by atoms with Crippen LogP contribution in [0.15, 0.2) is 18.2 Å². The number of hydrogen-bond donors (Lipinski definition) is 2. The van der Waals surface area contributed by atoms with Crippen LogP contribution in [0.2, 0.25) is 0 Å². The summed E-state index contributed by atoms with van der Waals surface area (Å²) in [6, 6.07) is 6.06. The van der Waals surface area contributed by atoms with E-state index in [4.69, 9.17) is 4.74 Å². The topological polar surface area (TPSA) is 33.3 Å². The Kier molecular flexibility index (Phi) is 4.28. The Morgan fingerprint density at radius 1 is 1.33 bits per heavy atom. The van der Waals surface area contributed by atoms with Crippen LogP contribution in [-0.2, 0) is 0 Å². The summed E-state index contributed by atoms with van der Waals surface area (Å²) in [7, 11) is 3.59. The van der Waals surface area contributed by atoms with Crippen molar-refractivity contribution in [2.24, 2.45) is 5.92 Å². The molecule has 3 nitrogen and oxygen atoms in total. The maximum Gasteiger partial charge on any atom is 0.144 e. The summed E-state index contributed by atoms with van der Waals surface area (Å²) in [6.45, 7) is 5.32. The molecule has 1 rings (SSSR count). The number of rotatable bonds is 5. The average Bonchev–Trinajstić information content (AvgIpc) is 2.25. The highest BCUT2D eigenvalue weighted by Crippen LogP contribution is 2.27. The second kappa shape index (κ2) is 5.49. The molecule has 1 aromatic rings. The lowest BCUT2D eigenvalue weighted by atomic mass is 10.2. The van der Waals surface area contributed by atoms with Crippen LogP contribution in [0.25, 0.3) is 0 Å². The highest BCUT2D eigenvalue weighted by atomic mass is 16.5. The first kappa shape index (κ1) is 11.7. The van der Waals surface area contributed by atoms with Crippen molar-refractivity contribution in [2.75, 3.05) is 31.3 Å². The average molecular weight is 208 g/mol. The van der Waals surface area contributed by atoms with Crippen molar-refractivity contribution < 1.29 is 4.74 Å². The van der Waals surface area contributed by atoms with Gasteiger partial charge >= 0.3 is 0 Å². The Morgan fingerprint density at radius 2 is 2.07 bits per heavy atom. The second-order valence-corrected chi connectivity index (χ2v) is 3.94. The highest BCUT2D eigenvalue weighted by Gasteiger charge is 2.03. The number of hydrogen-bond acceptors (Lipinski definition) is 3. The highest BCUT2D eigenvalue weighted by molar-refractivity contribution is 5.63. The van der Waals surface area contributed by atoms with Crippen LogP contribution in [-0.4, -0.2) is 20.7 Å². The van der Waals surface area contributed by atoms with Crippen molar-refractivity contribution in [1.82, 2.24) is 0 Å². The van der Waals surface area contributed by atoms with E-state index in [1.807, 2.05) is 25.2 Å². The molecule has 0 aliphatic rings. The van der Waals surface area contributed by atoms with Crippen LogP contribution in [0, 0.1) is 5.92 Å². The van der Waals surface area contributed by atoms with Crippen LogP contribution >= 0.6 is 0 Å². The first-order valence-electron chi connectivity index (χ1n) is 5.27. The Bertz CT molecular complexity index is 310. The minimum absolute atomic E-state index is 0.624. The normalized spacial score (nSPS) is 10.2. The quantitative estimate of drug-likeness (QED) is 0.780. The zero-order valence-corrected chi connectivity index (χ0v) is 9.92. The fourth-order valence-electron chi connectivity index (χ4n) is 1.31. The van der Waals surface area contributed by atoms with Crippen molar-refractivity contribution >= 4 is 11.4 Å². The Balaban J connectivity index is 2.78. The molecule has 0 spiro atoms. The molecule has 0 amide bonds. The molecule has 0 unspecified atom stereocenters. The van der Waals surface area contributed by atoms with E-state index < -0.39 is 0 Å². The molecule has 84 valence electrons. The maximum absolute atomic E-state index is 5.32. The van der Waals surface area contributed by atoms with E-state index in [0.29, 0.717) is 5.92 Å². The second-order valence-electron chi connectivity index (χ2n) is 3.94. The van der Waals surface area contributed by atoms with Crippen LogP contribution in [0.1, 0.15) is 13.8 Å². The molecule has 0 heterocycles. The van der Waals surface area contributed by atoms with Gasteiger partial charge in [-0.1, -0.05) is 13.8 Å². The minimum Gasteiger partial charge on any atom is -0.495 e. The summed E-state index contributed by atoms with van der Waals surface area (Å²) in [5, 5.41) is 6.45. The molecule has 0 aliphatic heterocycles. The van der Waals surface area contributed by atoms with Crippen molar-refractivity contribution in [2.45, 2.75) is 13.8 Å². The van der Waals surface area contributed by atoms with Crippen LogP contribution in [0.3, 0.4) is 0 Å². The fourth-order valence-corrected chi connectivity index (χ4v) is 1.31. The third-order valence-electron chi connectivity index (χ3n) is 2.19. The summed E-state index contributed by atoms with van der Waals surface area (Å²) in [4.78, 5) is 0. The van der Waals surface area contributed by atoms with E-state index in [2.05, 4.69) is 24.5 Å². The molecule has 0 bridgehead atoms. The summed E-state index contributed by atoms with van der Waals surface area (Å²) < 4.78 is 5.32. The molecular weight excluding hydrogens is 188 g/mol. The van der Waals surface area contributed by atoms with Gasteiger partial charge in [0.05, 0.1) is 12.8 Å². The van der Waals surface area contributed by atoms with Crippen molar-refractivity contribution in [3.05, 3.63) is 18.2 Å². The predicted octanol–water partition coefficient (Wildman–Crippen LogP) is 2.80. The number of methoxy groups -OCH3 is 1. The van der Waals surface area contributed by atoms with Crippen LogP contribution in [0.4, 0.5) is 11.4 Å². The molecule has 0 radical (unpaired) electrons. The van der Waals surface area contributed by atoms with Crippen LogP contribution < -0.4 is 15.4 Å². The predicted molar refractivity (Wildman–Crippen MR) is 65.9 cm³/mol.